The molecule has 1 aromatic heterocycles. The van der Waals surface area contributed by atoms with E-state index in [0.717, 1.165) is 24.7 Å². The summed E-state index contributed by atoms with van der Waals surface area (Å²) in [4.78, 5) is 9.93. The van der Waals surface area contributed by atoms with Crippen LogP contribution in [0.5, 0.6) is 0 Å². The molecule has 0 bridgehead atoms. The van der Waals surface area contributed by atoms with Crippen molar-refractivity contribution in [2.45, 2.75) is 39.0 Å². The maximum absolute atomic E-state index is 13.0. The molecule has 5 nitrogen and oxygen atoms in total. The van der Waals surface area contributed by atoms with Crippen LogP contribution in [0, 0.1) is 0 Å². The summed E-state index contributed by atoms with van der Waals surface area (Å²) >= 11 is 0. The number of alkyl halides is 3. The standard InChI is InChI=1S/C19H26F3N5/c1-14(2)27-12-17(19(20,21)22)25-18(27)16-7-5-15(6-8-16)11-26(13-24-3)10-4-9-23/h5-8,12-14H,4,9-11,23H2,1-3H3. The Balaban J connectivity index is 2.25. The molecule has 0 aliphatic heterocycles. The van der Waals surface area contributed by atoms with Crippen LogP contribution in [0.1, 0.15) is 37.6 Å². The zero-order chi connectivity index (χ0) is 20.0. The van der Waals surface area contributed by atoms with Gasteiger partial charge in [0.2, 0.25) is 0 Å². The van der Waals surface area contributed by atoms with Gasteiger partial charge in [-0.2, -0.15) is 13.2 Å². The van der Waals surface area contributed by atoms with Crippen molar-refractivity contribution in [3.63, 3.8) is 0 Å². The van der Waals surface area contributed by atoms with E-state index >= 15 is 0 Å². The molecule has 1 aromatic carbocycles. The molecule has 2 aromatic rings. The first-order chi connectivity index (χ1) is 12.8. The molecule has 2 rings (SSSR count). The van der Waals surface area contributed by atoms with E-state index in [4.69, 9.17) is 5.73 Å². The van der Waals surface area contributed by atoms with Crippen molar-refractivity contribution >= 4 is 6.34 Å². The van der Waals surface area contributed by atoms with Crippen molar-refractivity contribution in [1.29, 1.82) is 0 Å². The molecule has 0 saturated carbocycles. The molecular formula is C19H26F3N5. The molecule has 0 fully saturated rings. The van der Waals surface area contributed by atoms with Crippen molar-refractivity contribution < 1.29 is 13.2 Å². The number of aromatic nitrogens is 2. The lowest BCUT2D eigenvalue weighted by Crippen LogP contribution is -2.24. The lowest BCUT2D eigenvalue weighted by Gasteiger charge is -2.19. The van der Waals surface area contributed by atoms with Crippen LogP contribution in [0.3, 0.4) is 0 Å². The third-order valence-corrected chi connectivity index (χ3v) is 4.11. The van der Waals surface area contributed by atoms with E-state index in [0.29, 0.717) is 24.5 Å². The Bertz CT molecular complexity index is 748. The van der Waals surface area contributed by atoms with E-state index in [9.17, 15) is 13.2 Å². The van der Waals surface area contributed by atoms with Gasteiger partial charge in [0.1, 0.15) is 5.82 Å². The van der Waals surface area contributed by atoms with Gasteiger partial charge in [-0.3, -0.25) is 4.99 Å². The monoisotopic (exact) mass is 381 g/mol. The van der Waals surface area contributed by atoms with E-state index in [1.807, 2.05) is 26.0 Å². The predicted molar refractivity (Wildman–Crippen MR) is 102 cm³/mol. The first kappa shape index (κ1) is 21.0. The van der Waals surface area contributed by atoms with Crippen molar-refractivity contribution in [3.8, 4) is 11.4 Å². The Morgan fingerprint density at radius 2 is 1.93 bits per heavy atom. The topological polar surface area (TPSA) is 59.4 Å². The molecule has 2 N–H and O–H groups in total. The van der Waals surface area contributed by atoms with E-state index in [1.165, 1.54) is 0 Å². The fourth-order valence-electron chi connectivity index (χ4n) is 2.77. The second kappa shape index (κ2) is 9.03. The molecule has 27 heavy (non-hydrogen) atoms. The van der Waals surface area contributed by atoms with Gasteiger partial charge in [0.25, 0.3) is 0 Å². The molecular weight excluding hydrogens is 355 g/mol. The lowest BCUT2D eigenvalue weighted by atomic mass is 10.1. The van der Waals surface area contributed by atoms with Gasteiger partial charge < -0.3 is 15.2 Å². The van der Waals surface area contributed by atoms with Crippen LogP contribution in [0.2, 0.25) is 0 Å². The van der Waals surface area contributed by atoms with Crippen LogP contribution >= 0.6 is 0 Å². The number of hydrogen-bond acceptors (Lipinski definition) is 3. The van der Waals surface area contributed by atoms with Gasteiger partial charge in [0.15, 0.2) is 5.69 Å². The minimum Gasteiger partial charge on any atom is -0.359 e. The first-order valence-corrected chi connectivity index (χ1v) is 8.88. The number of aliphatic imine (C=N–C) groups is 1. The molecule has 0 amide bonds. The maximum Gasteiger partial charge on any atom is 0.434 e. The Kier molecular flexibility index (Phi) is 7.01. The highest BCUT2D eigenvalue weighted by Crippen LogP contribution is 2.32. The Hall–Kier alpha value is -2.35. The van der Waals surface area contributed by atoms with Gasteiger partial charge >= 0.3 is 6.18 Å². The summed E-state index contributed by atoms with van der Waals surface area (Å²) in [6, 6.07) is 7.29. The summed E-state index contributed by atoms with van der Waals surface area (Å²) in [7, 11) is 1.71. The molecule has 0 spiro atoms. The first-order valence-electron chi connectivity index (χ1n) is 8.88. The smallest absolute Gasteiger partial charge is 0.359 e. The molecule has 0 radical (unpaired) electrons. The number of rotatable bonds is 8. The fraction of sp³-hybridized carbons (Fsp3) is 0.474. The van der Waals surface area contributed by atoms with Crippen molar-refractivity contribution in [1.82, 2.24) is 14.5 Å². The van der Waals surface area contributed by atoms with Crippen LogP contribution in [-0.4, -0.2) is 40.9 Å². The Morgan fingerprint density at radius 1 is 1.26 bits per heavy atom. The molecule has 0 atom stereocenters. The summed E-state index contributed by atoms with van der Waals surface area (Å²) in [5.41, 5.74) is 6.38. The zero-order valence-electron chi connectivity index (χ0n) is 15.9. The van der Waals surface area contributed by atoms with E-state index < -0.39 is 11.9 Å². The maximum atomic E-state index is 13.0. The average molecular weight is 381 g/mol. The van der Waals surface area contributed by atoms with Crippen molar-refractivity contribution in [2.24, 2.45) is 10.7 Å². The van der Waals surface area contributed by atoms with Gasteiger partial charge in [0, 0.05) is 37.9 Å². The highest BCUT2D eigenvalue weighted by molar-refractivity contribution is 5.58. The number of nitrogens with two attached hydrogens (primary N) is 1. The Labute approximate surface area is 157 Å². The number of hydrogen-bond donors (Lipinski definition) is 1. The number of imidazole rings is 1. The van der Waals surface area contributed by atoms with Gasteiger partial charge in [-0.25, -0.2) is 4.98 Å². The summed E-state index contributed by atoms with van der Waals surface area (Å²) in [6.45, 7) is 5.72. The normalized spacial score (nSPS) is 12.3. The van der Waals surface area contributed by atoms with Crippen LogP contribution in [0.4, 0.5) is 13.2 Å². The largest absolute Gasteiger partial charge is 0.434 e. The molecule has 0 aliphatic rings. The summed E-state index contributed by atoms with van der Waals surface area (Å²) in [5.74, 6) is 0.319. The van der Waals surface area contributed by atoms with E-state index in [1.54, 1.807) is 30.1 Å². The highest BCUT2D eigenvalue weighted by Gasteiger charge is 2.35. The quantitative estimate of drug-likeness (QED) is 0.556. The molecule has 1 heterocycles. The number of halogens is 3. The minimum atomic E-state index is -4.46. The fourth-order valence-corrected chi connectivity index (χ4v) is 2.77. The van der Waals surface area contributed by atoms with Crippen LogP contribution in [0.25, 0.3) is 11.4 Å². The third-order valence-electron chi connectivity index (χ3n) is 4.11. The Morgan fingerprint density at radius 3 is 2.44 bits per heavy atom. The SMILES string of the molecule is CN=CN(CCCN)Cc1ccc(-c2nc(C(F)(F)F)cn2C(C)C)cc1. The van der Waals surface area contributed by atoms with Crippen LogP contribution in [-0.2, 0) is 12.7 Å². The van der Waals surface area contributed by atoms with Gasteiger partial charge in [-0.15, -0.1) is 0 Å². The van der Waals surface area contributed by atoms with Crippen molar-refractivity contribution in [2.75, 3.05) is 20.1 Å². The molecule has 0 aliphatic carbocycles. The second-order valence-electron chi connectivity index (χ2n) is 6.63. The second-order valence-corrected chi connectivity index (χ2v) is 6.63. The predicted octanol–water partition coefficient (Wildman–Crippen LogP) is 3.96. The summed E-state index contributed by atoms with van der Waals surface area (Å²) < 4.78 is 40.7. The average Bonchev–Trinajstić information content (AvgIpc) is 3.06. The van der Waals surface area contributed by atoms with Gasteiger partial charge in [-0.1, -0.05) is 24.3 Å². The molecule has 0 unspecified atom stereocenters. The summed E-state index contributed by atoms with van der Waals surface area (Å²) in [6.07, 6.45) is -0.765. The summed E-state index contributed by atoms with van der Waals surface area (Å²) in [5, 5.41) is 0. The minimum absolute atomic E-state index is 0.129. The number of nitrogens with zero attached hydrogens (tertiary/aromatic N) is 4. The van der Waals surface area contributed by atoms with E-state index in [-0.39, 0.29) is 6.04 Å². The molecule has 8 heteroatoms. The molecule has 0 saturated heterocycles. The highest BCUT2D eigenvalue weighted by atomic mass is 19.4. The molecule has 148 valence electrons. The van der Waals surface area contributed by atoms with Crippen LogP contribution < -0.4 is 5.73 Å². The van der Waals surface area contributed by atoms with Gasteiger partial charge in [-0.05, 0) is 32.4 Å². The number of benzene rings is 1. The third kappa shape index (κ3) is 5.56. The van der Waals surface area contributed by atoms with Crippen LogP contribution in [0.15, 0.2) is 35.5 Å². The van der Waals surface area contributed by atoms with E-state index in [2.05, 4.69) is 14.9 Å². The zero-order valence-corrected chi connectivity index (χ0v) is 15.9. The lowest BCUT2D eigenvalue weighted by molar-refractivity contribution is -0.140. The van der Waals surface area contributed by atoms with Crippen molar-refractivity contribution in [3.05, 3.63) is 41.7 Å². The van der Waals surface area contributed by atoms with Gasteiger partial charge in [0.05, 0.1) is 6.34 Å².